The summed E-state index contributed by atoms with van der Waals surface area (Å²) in [6.45, 7) is 1.48. The molecule has 1 N–H and O–H groups in total. The lowest BCUT2D eigenvalue weighted by atomic mass is 10.1. The molecular formula is C22H17N3O3. The molecule has 3 aromatic rings. The topological polar surface area (TPSA) is 92.1 Å². The average molecular weight is 371 g/mol. The number of esters is 1. The maximum Gasteiger partial charge on any atom is 0.331 e. The first kappa shape index (κ1) is 18.8. The van der Waals surface area contributed by atoms with Crippen molar-refractivity contribution in [2.45, 2.75) is 13.0 Å². The first-order valence-electron chi connectivity index (χ1n) is 8.60. The number of ether oxygens (including phenoxy) is 1. The Labute approximate surface area is 162 Å². The van der Waals surface area contributed by atoms with Gasteiger partial charge >= 0.3 is 5.97 Å². The van der Waals surface area contributed by atoms with Crippen molar-refractivity contribution < 1.29 is 14.3 Å². The Hall–Kier alpha value is -3.98. The Morgan fingerprint density at radius 2 is 1.96 bits per heavy atom. The number of aromatic nitrogens is 1. The van der Waals surface area contributed by atoms with Crippen molar-refractivity contribution in [3.63, 3.8) is 0 Å². The van der Waals surface area contributed by atoms with Gasteiger partial charge in [-0.25, -0.2) is 4.79 Å². The molecule has 0 fully saturated rings. The molecule has 6 heteroatoms. The van der Waals surface area contributed by atoms with Crippen LogP contribution in [-0.2, 0) is 14.3 Å². The molecular weight excluding hydrogens is 354 g/mol. The molecule has 138 valence electrons. The largest absolute Gasteiger partial charge is 0.449 e. The summed E-state index contributed by atoms with van der Waals surface area (Å²) in [5, 5.41) is 12.5. The fourth-order valence-corrected chi connectivity index (χ4v) is 2.60. The van der Waals surface area contributed by atoms with Gasteiger partial charge < -0.3 is 10.1 Å². The minimum atomic E-state index is -0.992. The van der Waals surface area contributed by atoms with Crippen molar-refractivity contribution in [3.8, 4) is 6.07 Å². The Kier molecular flexibility index (Phi) is 5.78. The van der Waals surface area contributed by atoms with Crippen LogP contribution in [0.15, 0.2) is 66.9 Å². The van der Waals surface area contributed by atoms with Crippen molar-refractivity contribution in [1.29, 1.82) is 5.26 Å². The van der Waals surface area contributed by atoms with E-state index in [1.165, 1.54) is 13.0 Å². The summed E-state index contributed by atoms with van der Waals surface area (Å²) in [5.41, 5.74) is 2.44. The molecule has 0 saturated heterocycles. The highest BCUT2D eigenvalue weighted by molar-refractivity contribution is 5.97. The number of anilines is 1. The normalized spacial score (nSPS) is 11.7. The number of para-hydroxylation sites is 1. The van der Waals surface area contributed by atoms with Crippen molar-refractivity contribution in [1.82, 2.24) is 4.98 Å². The third-order valence-electron chi connectivity index (χ3n) is 3.98. The van der Waals surface area contributed by atoms with Crippen LogP contribution in [0.1, 0.15) is 18.1 Å². The van der Waals surface area contributed by atoms with Gasteiger partial charge in [0.05, 0.1) is 17.1 Å². The lowest BCUT2D eigenvalue weighted by Gasteiger charge is -2.12. The van der Waals surface area contributed by atoms with Crippen LogP contribution in [0, 0.1) is 11.3 Å². The van der Waals surface area contributed by atoms with E-state index in [-0.39, 0.29) is 0 Å². The quantitative estimate of drug-likeness (QED) is 0.545. The summed E-state index contributed by atoms with van der Waals surface area (Å²) in [4.78, 5) is 28.6. The molecule has 1 atom stereocenters. The van der Waals surface area contributed by atoms with Crippen LogP contribution in [0.2, 0.25) is 0 Å². The van der Waals surface area contributed by atoms with Gasteiger partial charge in [-0.15, -0.1) is 0 Å². The molecule has 0 aliphatic carbocycles. The molecule has 0 aliphatic heterocycles. The molecule has 0 bridgehead atoms. The van der Waals surface area contributed by atoms with E-state index < -0.39 is 18.0 Å². The van der Waals surface area contributed by atoms with E-state index in [4.69, 9.17) is 10.00 Å². The maximum absolute atomic E-state index is 12.2. The number of nitriles is 1. The van der Waals surface area contributed by atoms with Gasteiger partial charge in [-0.05, 0) is 37.3 Å². The number of fused-ring (bicyclic) bond motifs is 1. The second-order valence-corrected chi connectivity index (χ2v) is 6.02. The first-order valence-corrected chi connectivity index (χ1v) is 8.60. The molecule has 1 heterocycles. The summed E-state index contributed by atoms with van der Waals surface area (Å²) in [6, 6.07) is 17.9. The first-order chi connectivity index (χ1) is 13.6. The zero-order valence-corrected chi connectivity index (χ0v) is 15.1. The van der Waals surface area contributed by atoms with E-state index in [1.807, 2.05) is 36.4 Å². The average Bonchev–Trinajstić information content (AvgIpc) is 2.72. The van der Waals surface area contributed by atoms with Crippen LogP contribution < -0.4 is 5.32 Å². The molecule has 3 rings (SSSR count). The van der Waals surface area contributed by atoms with E-state index in [9.17, 15) is 9.59 Å². The summed E-state index contributed by atoms with van der Waals surface area (Å²) >= 11 is 0. The molecule has 0 radical (unpaired) electrons. The molecule has 0 aliphatic rings. The maximum atomic E-state index is 12.2. The van der Waals surface area contributed by atoms with Gasteiger partial charge in [0.15, 0.2) is 6.10 Å². The van der Waals surface area contributed by atoms with Crippen molar-refractivity contribution in [2.75, 3.05) is 5.32 Å². The SMILES string of the molecule is C[C@H](OC(=O)/C=C/c1cccc2cccnc12)C(=O)Nc1cccc(C#N)c1. The van der Waals surface area contributed by atoms with Gasteiger partial charge in [0.2, 0.25) is 0 Å². The number of nitrogens with one attached hydrogen (secondary N) is 1. The summed E-state index contributed by atoms with van der Waals surface area (Å²) in [7, 11) is 0. The minimum absolute atomic E-state index is 0.425. The van der Waals surface area contributed by atoms with Gasteiger partial charge in [-0.1, -0.05) is 30.3 Å². The number of benzene rings is 2. The standard InChI is InChI=1S/C22H17N3O3/c1-15(22(27)25-19-9-2-5-16(13-19)14-23)28-20(26)11-10-18-7-3-6-17-8-4-12-24-21(17)18/h2-13,15H,1H3,(H,25,27)/b11-10+/t15-/m0/s1. The monoisotopic (exact) mass is 371 g/mol. The molecule has 1 amide bonds. The highest BCUT2D eigenvalue weighted by Gasteiger charge is 2.16. The number of hydrogen-bond donors (Lipinski definition) is 1. The Morgan fingerprint density at radius 3 is 2.79 bits per heavy atom. The van der Waals surface area contributed by atoms with E-state index in [0.717, 1.165) is 16.5 Å². The number of nitrogens with zero attached hydrogens (tertiary/aromatic N) is 2. The van der Waals surface area contributed by atoms with Gasteiger partial charge in [-0.2, -0.15) is 5.26 Å². The Morgan fingerprint density at radius 1 is 1.18 bits per heavy atom. The van der Waals surface area contributed by atoms with Crippen molar-refractivity contribution >= 4 is 34.5 Å². The molecule has 0 spiro atoms. The predicted octanol–water partition coefficient (Wildman–Crippen LogP) is 3.69. The van der Waals surface area contributed by atoms with Crippen molar-refractivity contribution in [2.24, 2.45) is 0 Å². The van der Waals surface area contributed by atoms with Crippen LogP contribution in [0.4, 0.5) is 5.69 Å². The summed E-state index contributed by atoms with van der Waals surface area (Å²) in [6.07, 6.45) is 3.57. The van der Waals surface area contributed by atoms with Crippen LogP contribution in [0.25, 0.3) is 17.0 Å². The van der Waals surface area contributed by atoms with E-state index >= 15 is 0 Å². The molecule has 1 aromatic heterocycles. The van der Waals surface area contributed by atoms with Crippen LogP contribution in [0.5, 0.6) is 0 Å². The number of carbonyl (C=O) groups is 2. The highest BCUT2D eigenvalue weighted by Crippen LogP contribution is 2.17. The van der Waals surface area contributed by atoms with Gasteiger partial charge in [0.25, 0.3) is 5.91 Å². The van der Waals surface area contributed by atoms with E-state index in [1.54, 1.807) is 36.5 Å². The van der Waals surface area contributed by atoms with Crippen LogP contribution in [0.3, 0.4) is 0 Å². The van der Waals surface area contributed by atoms with Crippen molar-refractivity contribution in [3.05, 3.63) is 78.0 Å². The Bertz CT molecular complexity index is 1090. The minimum Gasteiger partial charge on any atom is -0.449 e. The van der Waals surface area contributed by atoms with Gasteiger partial charge in [-0.3, -0.25) is 9.78 Å². The second kappa shape index (κ2) is 8.60. The number of hydrogen-bond acceptors (Lipinski definition) is 5. The smallest absolute Gasteiger partial charge is 0.331 e. The molecule has 0 saturated carbocycles. The van der Waals surface area contributed by atoms with E-state index in [0.29, 0.717) is 11.3 Å². The van der Waals surface area contributed by atoms with Crippen LogP contribution >= 0.6 is 0 Å². The second-order valence-electron chi connectivity index (χ2n) is 6.02. The van der Waals surface area contributed by atoms with Gasteiger partial charge in [0, 0.05) is 28.9 Å². The Balaban J connectivity index is 1.62. The van der Waals surface area contributed by atoms with E-state index in [2.05, 4.69) is 10.3 Å². The molecule has 28 heavy (non-hydrogen) atoms. The summed E-state index contributed by atoms with van der Waals surface area (Å²) in [5.74, 6) is -1.12. The summed E-state index contributed by atoms with van der Waals surface area (Å²) < 4.78 is 5.15. The lowest BCUT2D eigenvalue weighted by Crippen LogP contribution is -2.29. The number of rotatable bonds is 5. The zero-order valence-electron chi connectivity index (χ0n) is 15.1. The predicted molar refractivity (Wildman–Crippen MR) is 106 cm³/mol. The fourth-order valence-electron chi connectivity index (χ4n) is 2.60. The highest BCUT2D eigenvalue weighted by atomic mass is 16.5. The number of pyridine rings is 1. The van der Waals surface area contributed by atoms with Gasteiger partial charge in [0.1, 0.15) is 0 Å². The fraction of sp³-hybridized carbons (Fsp3) is 0.0909. The molecule has 6 nitrogen and oxygen atoms in total. The zero-order chi connectivity index (χ0) is 19.9. The number of amides is 1. The third-order valence-corrected chi connectivity index (χ3v) is 3.98. The van der Waals surface area contributed by atoms with Crippen LogP contribution in [-0.4, -0.2) is 23.0 Å². The third kappa shape index (κ3) is 4.59. The molecule has 2 aromatic carbocycles. The molecule has 0 unspecified atom stereocenters. The number of carbonyl (C=O) groups excluding carboxylic acids is 2. The lowest BCUT2D eigenvalue weighted by molar-refractivity contribution is -0.148.